The standard InChI is InChI=1S/C18H15BrClFN2O4S/c19-10-17(24)22-11-13(9-12-1-5-15(21)6-2-12)18(25)23-28(26,27)16-7-3-14(20)4-8-16/h1-9H,10-11H2,(H,22,24)(H,23,25). The van der Waals surface area contributed by atoms with E-state index in [1.807, 2.05) is 4.72 Å². The van der Waals surface area contributed by atoms with Crippen molar-refractivity contribution in [3.8, 4) is 0 Å². The number of nitrogens with one attached hydrogen (secondary N) is 2. The van der Waals surface area contributed by atoms with Crippen LogP contribution in [0.25, 0.3) is 6.08 Å². The van der Waals surface area contributed by atoms with Crippen LogP contribution in [0.5, 0.6) is 0 Å². The maximum Gasteiger partial charge on any atom is 0.264 e. The highest BCUT2D eigenvalue weighted by Crippen LogP contribution is 2.15. The molecule has 0 heterocycles. The maximum absolute atomic E-state index is 13.1. The molecular weight excluding hydrogens is 475 g/mol. The minimum atomic E-state index is -4.15. The summed E-state index contributed by atoms with van der Waals surface area (Å²) in [5.41, 5.74) is 0.432. The van der Waals surface area contributed by atoms with Gasteiger partial charge in [0.1, 0.15) is 5.82 Å². The molecule has 2 rings (SSSR count). The fourth-order valence-corrected chi connectivity index (χ4v) is 3.37. The number of sulfonamides is 1. The molecule has 2 aromatic rings. The third-order valence-corrected chi connectivity index (χ3v) is 5.56. The van der Waals surface area contributed by atoms with Gasteiger partial charge >= 0.3 is 0 Å². The van der Waals surface area contributed by atoms with Gasteiger partial charge in [-0.2, -0.15) is 0 Å². The monoisotopic (exact) mass is 488 g/mol. The summed E-state index contributed by atoms with van der Waals surface area (Å²) in [5, 5.41) is 2.84. The van der Waals surface area contributed by atoms with Gasteiger partial charge in [0.2, 0.25) is 5.91 Å². The molecule has 0 fully saturated rings. The molecule has 0 aliphatic heterocycles. The van der Waals surface area contributed by atoms with Gasteiger partial charge in [0.25, 0.3) is 15.9 Å². The van der Waals surface area contributed by atoms with Gasteiger partial charge in [-0.15, -0.1) is 0 Å². The van der Waals surface area contributed by atoms with Crippen molar-refractivity contribution in [3.63, 3.8) is 0 Å². The van der Waals surface area contributed by atoms with Crippen molar-refractivity contribution in [1.29, 1.82) is 0 Å². The summed E-state index contributed by atoms with van der Waals surface area (Å²) in [6.45, 7) is -0.218. The van der Waals surface area contributed by atoms with Crippen LogP contribution in [0.1, 0.15) is 5.56 Å². The molecule has 0 radical (unpaired) electrons. The fraction of sp³-hybridized carbons (Fsp3) is 0.111. The first-order valence-electron chi connectivity index (χ1n) is 7.83. The summed E-state index contributed by atoms with van der Waals surface area (Å²) in [6, 6.07) is 10.5. The number of halogens is 3. The van der Waals surface area contributed by atoms with E-state index in [0.29, 0.717) is 10.6 Å². The number of benzene rings is 2. The number of carbonyl (C=O) groups is 2. The largest absolute Gasteiger partial charge is 0.351 e. The average molecular weight is 490 g/mol. The van der Waals surface area contributed by atoms with Crippen molar-refractivity contribution in [2.75, 3.05) is 11.9 Å². The number of carbonyl (C=O) groups excluding carboxylic acids is 2. The lowest BCUT2D eigenvalue weighted by Gasteiger charge is -2.11. The van der Waals surface area contributed by atoms with E-state index in [4.69, 9.17) is 11.6 Å². The van der Waals surface area contributed by atoms with E-state index in [-0.39, 0.29) is 22.3 Å². The predicted octanol–water partition coefficient (Wildman–Crippen LogP) is 2.88. The highest BCUT2D eigenvalue weighted by molar-refractivity contribution is 9.09. The molecule has 0 bridgehead atoms. The molecule has 10 heteroatoms. The Hall–Kier alpha value is -2.23. The Morgan fingerprint density at radius 3 is 2.25 bits per heavy atom. The summed E-state index contributed by atoms with van der Waals surface area (Å²) < 4.78 is 39.8. The molecule has 28 heavy (non-hydrogen) atoms. The van der Waals surface area contributed by atoms with E-state index >= 15 is 0 Å². The Morgan fingerprint density at radius 2 is 1.68 bits per heavy atom. The molecule has 2 N–H and O–H groups in total. The van der Waals surface area contributed by atoms with E-state index in [0.717, 1.165) is 0 Å². The van der Waals surface area contributed by atoms with Crippen molar-refractivity contribution in [1.82, 2.24) is 10.0 Å². The molecule has 2 aromatic carbocycles. The molecule has 0 aromatic heterocycles. The SMILES string of the molecule is O=C(CBr)NCC(=Cc1ccc(F)cc1)C(=O)NS(=O)(=O)c1ccc(Cl)cc1. The lowest BCUT2D eigenvalue weighted by atomic mass is 10.1. The molecule has 0 atom stereocenters. The summed E-state index contributed by atoms with van der Waals surface area (Å²) in [6.07, 6.45) is 1.36. The summed E-state index contributed by atoms with van der Waals surface area (Å²) in [5.74, 6) is -1.77. The van der Waals surface area contributed by atoms with Crippen LogP contribution in [0.2, 0.25) is 5.02 Å². The highest BCUT2D eigenvalue weighted by atomic mass is 79.9. The Morgan fingerprint density at radius 1 is 1.07 bits per heavy atom. The molecule has 6 nitrogen and oxygen atoms in total. The summed E-state index contributed by atoms with van der Waals surface area (Å²) in [7, 11) is -4.15. The topological polar surface area (TPSA) is 92.3 Å². The van der Waals surface area contributed by atoms with Crippen LogP contribution in [0.3, 0.4) is 0 Å². The smallest absolute Gasteiger partial charge is 0.264 e. The van der Waals surface area contributed by atoms with Crippen molar-refractivity contribution < 1.29 is 22.4 Å². The van der Waals surface area contributed by atoms with Crippen LogP contribution in [0.4, 0.5) is 4.39 Å². The van der Waals surface area contributed by atoms with Crippen LogP contribution >= 0.6 is 27.5 Å². The first-order valence-corrected chi connectivity index (χ1v) is 10.8. The second-order valence-corrected chi connectivity index (χ2v) is 8.20. The quantitative estimate of drug-likeness (QED) is 0.462. The molecule has 0 spiro atoms. The van der Waals surface area contributed by atoms with E-state index in [1.54, 1.807) is 0 Å². The zero-order chi connectivity index (χ0) is 20.7. The molecule has 0 saturated heterocycles. The highest BCUT2D eigenvalue weighted by Gasteiger charge is 2.20. The number of hydrogen-bond acceptors (Lipinski definition) is 4. The van der Waals surface area contributed by atoms with Gasteiger partial charge in [-0.3, -0.25) is 9.59 Å². The second-order valence-electron chi connectivity index (χ2n) is 5.52. The molecule has 148 valence electrons. The van der Waals surface area contributed by atoms with Gasteiger partial charge in [0.15, 0.2) is 0 Å². The Labute approximate surface area is 175 Å². The van der Waals surface area contributed by atoms with Crippen LogP contribution in [0.15, 0.2) is 59.0 Å². The van der Waals surface area contributed by atoms with Crippen LogP contribution < -0.4 is 10.0 Å². The first-order chi connectivity index (χ1) is 13.2. The molecular formula is C18H15BrClFN2O4S. The molecule has 0 unspecified atom stereocenters. The predicted molar refractivity (Wildman–Crippen MR) is 108 cm³/mol. The van der Waals surface area contributed by atoms with Crippen LogP contribution in [-0.2, 0) is 19.6 Å². The summed E-state index contributed by atoms with van der Waals surface area (Å²) >= 11 is 8.72. The normalized spacial score (nSPS) is 11.8. The van der Waals surface area contributed by atoms with E-state index in [1.165, 1.54) is 54.6 Å². The molecule has 2 amide bonds. The van der Waals surface area contributed by atoms with Crippen molar-refractivity contribution in [3.05, 3.63) is 70.5 Å². The Bertz CT molecular complexity index is 993. The lowest BCUT2D eigenvalue weighted by molar-refractivity contribution is -0.118. The van der Waals surface area contributed by atoms with Crippen molar-refractivity contribution in [2.24, 2.45) is 0 Å². The number of rotatable bonds is 7. The maximum atomic E-state index is 13.1. The van der Waals surface area contributed by atoms with E-state index in [9.17, 15) is 22.4 Å². The zero-order valence-electron chi connectivity index (χ0n) is 14.3. The molecule has 0 saturated carbocycles. The van der Waals surface area contributed by atoms with Gasteiger partial charge in [0, 0.05) is 17.1 Å². The average Bonchev–Trinajstić information content (AvgIpc) is 2.66. The third-order valence-electron chi connectivity index (χ3n) is 3.45. The summed E-state index contributed by atoms with van der Waals surface area (Å²) in [4.78, 5) is 23.9. The number of alkyl halides is 1. The first kappa shape index (κ1) is 22.1. The zero-order valence-corrected chi connectivity index (χ0v) is 17.4. The second kappa shape index (κ2) is 9.81. The van der Waals surface area contributed by atoms with Gasteiger partial charge in [-0.05, 0) is 48.0 Å². The van der Waals surface area contributed by atoms with Gasteiger partial charge in [-0.25, -0.2) is 17.5 Å². The Kier molecular flexibility index (Phi) is 7.73. The van der Waals surface area contributed by atoms with Gasteiger partial charge in [0.05, 0.1) is 10.2 Å². The molecule has 0 aliphatic carbocycles. The van der Waals surface area contributed by atoms with E-state index < -0.39 is 27.7 Å². The lowest BCUT2D eigenvalue weighted by Crippen LogP contribution is -2.36. The van der Waals surface area contributed by atoms with Gasteiger partial charge in [-0.1, -0.05) is 39.7 Å². The van der Waals surface area contributed by atoms with Crippen LogP contribution in [-0.4, -0.2) is 32.1 Å². The van der Waals surface area contributed by atoms with E-state index in [2.05, 4.69) is 21.2 Å². The number of hydrogen-bond donors (Lipinski definition) is 2. The third kappa shape index (κ3) is 6.43. The minimum absolute atomic E-state index is 0.0154. The molecule has 0 aliphatic rings. The van der Waals surface area contributed by atoms with Gasteiger partial charge < -0.3 is 5.32 Å². The number of amides is 2. The minimum Gasteiger partial charge on any atom is -0.351 e. The van der Waals surface area contributed by atoms with Crippen LogP contribution in [0, 0.1) is 5.82 Å². The van der Waals surface area contributed by atoms with Crippen molar-refractivity contribution in [2.45, 2.75) is 4.90 Å². The van der Waals surface area contributed by atoms with Crippen molar-refractivity contribution >= 4 is 55.4 Å². The fourth-order valence-electron chi connectivity index (χ4n) is 2.06. The Balaban J connectivity index is 2.28.